The Hall–Kier alpha value is -3.65. The van der Waals surface area contributed by atoms with E-state index in [0.717, 1.165) is 22.3 Å². The van der Waals surface area contributed by atoms with Gasteiger partial charge in [-0.3, -0.25) is 10.1 Å². The van der Waals surface area contributed by atoms with E-state index in [-0.39, 0.29) is 23.8 Å². The molecule has 178 valence electrons. The van der Waals surface area contributed by atoms with Gasteiger partial charge in [0.15, 0.2) is 0 Å². The number of ether oxygens (including phenoxy) is 1. The second kappa shape index (κ2) is 9.54. The summed E-state index contributed by atoms with van der Waals surface area (Å²) in [7, 11) is 0. The molecule has 1 heterocycles. The normalized spacial score (nSPS) is 16.5. The third-order valence-corrected chi connectivity index (χ3v) is 7.08. The highest BCUT2D eigenvalue weighted by molar-refractivity contribution is 9.10. The zero-order valence-corrected chi connectivity index (χ0v) is 20.3. The van der Waals surface area contributed by atoms with Crippen molar-refractivity contribution in [2.24, 2.45) is 0 Å². The third kappa shape index (κ3) is 4.41. The number of benzene rings is 3. The lowest BCUT2D eigenvalue weighted by molar-refractivity contribution is -0.141. The monoisotopic (exact) mass is 534 g/mol. The topological polar surface area (TPSA) is 95.9 Å². The van der Waals surface area contributed by atoms with Gasteiger partial charge in [0.25, 0.3) is 5.91 Å². The Bertz CT molecular complexity index is 1280. The molecular formula is C27H23BrN2O5. The fraction of sp³-hybridized carbons (Fsp3) is 0.222. The standard InChI is InChI=1S/C27H23BrN2O5/c28-16-11-12-21(25(31)30-13-5-10-24(30)26(32)33)23(14-16)29-27(34)35-15-22-19-8-3-1-6-17(19)18-7-2-4-9-20(18)22/h1-4,6-9,11-12,14,22,24H,5,10,13,15H2,(H,29,34)(H,32,33)/t24-/m0/s1. The van der Waals surface area contributed by atoms with Gasteiger partial charge in [-0.15, -0.1) is 0 Å². The molecule has 3 aromatic rings. The van der Waals surface area contributed by atoms with Crippen molar-refractivity contribution in [3.63, 3.8) is 0 Å². The molecule has 0 radical (unpaired) electrons. The first-order valence-electron chi connectivity index (χ1n) is 11.4. The largest absolute Gasteiger partial charge is 0.480 e. The van der Waals surface area contributed by atoms with Crippen LogP contribution in [0.25, 0.3) is 11.1 Å². The van der Waals surface area contributed by atoms with Crippen LogP contribution < -0.4 is 5.32 Å². The Labute approximate surface area is 210 Å². The number of carboxylic acid groups (broad SMARTS) is 1. The predicted octanol–water partition coefficient (Wildman–Crippen LogP) is 5.50. The summed E-state index contributed by atoms with van der Waals surface area (Å²) in [5.41, 5.74) is 4.96. The van der Waals surface area contributed by atoms with Gasteiger partial charge in [0.1, 0.15) is 12.6 Å². The Kier molecular flexibility index (Phi) is 6.30. The van der Waals surface area contributed by atoms with Crippen molar-refractivity contribution in [2.45, 2.75) is 24.8 Å². The molecule has 0 aromatic heterocycles. The number of carboxylic acids is 1. The lowest BCUT2D eigenvalue weighted by Gasteiger charge is -2.23. The van der Waals surface area contributed by atoms with Crippen LogP contribution in [0.3, 0.4) is 0 Å². The lowest BCUT2D eigenvalue weighted by atomic mass is 9.98. The molecule has 1 saturated heterocycles. The number of anilines is 1. The number of fused-ring (bicyclic) bond motifs is 3. The molecule has 2 N–H and O–H groups in total. The van der Waals surface area contributed by atoms with Crippen LogP contribution in [0.1, 0.15) is 40.2 Å². The number of nitrogens with one attached hydrogen (secondary N) is 1. The van der Waals surface area contributed by atoms with Gasteiger partial charge in [0.2, 0.25) is 0 Å². The maximum absolute atomic E-state index is 13.2. The fourth-order valence-electron chi connectivity index (χ4n) is 4.97. The Morgan fingerprint density at radius 3 is 2.31 bits per heavy atom. The molecule has 3 aromatic carbocycles. The number of amides is 2. The van der Waals surface area contributed by atoms with Crippen LogP contribution in [-0.4, -0.2) is 47.2 Å². The molecule has 0 saturated carbocycles. The molecule has 0 unspecified atom stereocenters. The SMILES string of the molecule is O=C(Nc1cc(Br)ccc1C(=O)N1CCC[C@H]1C(=O)O)OCC1c2ccccc2-c2ccccc21. The molecule has 1 atom stereocenters. The smallest absolute Gasteiger partial charge is 0.411 e. The first-order chi connectivity index (χ1) is 16.9. The average molecular weight is 535 g/mol. The highest BCUT2D eigenvalue weighted by Crippen LogP contribution is 2.44. The molecule has 8 heteroatoms. The first kappa shape index (κ1) is 23.1. The number of likely N-dealkylation sites (tertiary alicyclic amines) is 1. The van der Waals surface area contributed by atoms with Gasteiger partial charge in [0, 0.05) is 16.9 Å². The third-order valence-electron chi connectivity index (χ3n) is 6.59. The van der Waals surface area contributed by atoms with Crippen LogP contribution in [0.2, 0.25) is 0 Å². The van der Waals surface area contributed by atoms with E-state index in [0.29, 0.717) is 23.9 Å². The zero-order chi connectivity index (χ0) is 24.5. The summed E-state index contributed by atoms with van der Waals surface area (Å²) in [6.07, 6.45) is 0.344. The van der Waals surface area contributed by atoms with Crippen molar-refractivity contribution in [1.29, 1.82) is 0 Å². The summed E-state index contributed by atoms with van der Waals surface area (Å²) in [5, 5.41) is 12.1. The van der Waals surface area contributed by atoms with Gasteiger partial charge in [-0.25, -0.2) is 9.59 Å². The van der Waals surface area contributed by atoms with Crippen molar-refractivity contribution in [1.82, 2.24) is 4.90 Å². The van der Waals surface area contributed by atoms with Gasteiger partial charge in [-0.2, -0.15) is 0 Å². The van der Waals surface area contributed by atoms with Crippen LogP contribution in [0.4, 0.5) is 10.5 Å². The van der Waals surface area contributed by atoms with E-state index in [2.05, 4.69) is 33.4 Å². The minimum atomic E-state index is -1.03. The predicted molar refractivity (Wildman–Crippen MR) is 135 cm³/mol. The summed E-state index contributed by atoms with van der Waals surface area (Å²) >= 11 is 3.37. The molecule has 0 spiro atoms. The molecule has 1 aliphatic carbocycles. The van der Waals surface area contributed by atoms with E-state index in [1.165, 1.54) is 4.90 Å². The fourth-order valence-corrected chi connectivity index (χ4v) is 5.33. The van der Waals surface area contributed by atoms with Crippen LogP contribution in [-0.2, 0) is 9.53 Å². The van der Waals surface area contributed by atoms with E-state index in [1.54, 1.807) is 18.2 Å². The van der Waals surface area contributed by atoms with Crippen molar-refractivity contribution in [3.05, 3.63) is 87.9 Å². The molecule has 5 rings (SSSR count). The maximum Gasteiger partial charge on any atom is 0.411 e. The molecule has 7 nitrogen and oxygen atoms in total. The molecular weight excluding hydrogens is 512 g/mol. The quantitative estimate of drug-likeness (QED) is 0.450. The number of hydrogen-bond acceptors (Lipinski definition) is 4. The zero-order valence-electron chi connectivity index (χ0n) is 18.7. The molecule has 35 heavy (non-hydrogen) atoms. The number of nitrogens with zero attached hydrogens (tertiary/aromatic N) is 1. The van der Waals surface area contributed by atoms with E-state index in [4.69, 9.17) is 4.74 Å². The number of rotatable bonds is 5. The second-order valence-corrected chi connectivity index (χ2v) is 9.55. The van der Waals surface area contributed by atoms with Crippen LogP contribution >= 0.6 is 15.9 Å². The van der Waals surface area contributed by atoms with Crippen molar-refractivity contribution >= 4 is 39.6 Å². The number of hydrogen-bond donors (Lipinski definition) is 2. The van der Waals surface area contributed by atoms with Crippen molar-refractivity contribution < 1.29 is 24.2 Å². The highest BCUT2D eigenvalue weighted by atomic mass is 79.9. The van der Waals surface area contributed by atoms with Gasteiger partial charge < -0.3 is 14.7 Å². The van der Waals surface area contributed by atoms with E-state index >= 15 is 0 Å². The van der Waals surface area contributed by atoms with Gasteiger partial charge in [0.05, 0.1) is 11.3 Å². The molecule has 1 fully saturated rings. The first-order valence-corrected chi connectivity index (χ1v) is 12.2. The Morgan fingerprint density at radius 2 is 1.66 bits per heavy atom. The minimum absolute atomic E-state index is 0.0855. The number of carbonyl (C=O) groups is 3. The average Bonchev–Trinajstić information content (AvgIpc) is 3.46. The van der Waals surface area contributed by atoms with E-state index in [9.17, 15) is 19.5 Å². The minimum Gasteiger partial charge on any atom is -0.480 e. The number of aliphatic carboxylic acids is 1. The summed E-state index contributed by atoms with van der Waals surface area (Å²) in [5.74, 6) is -1.55. The molecule has 2 aliphatic rings. The number of halogens is 1. The van der Waals surface area contributed by atoms with Crippen molar-refractivity contribution in [2.75, 3.05) is 18.5 Å². The molecule has 0 bridgehead atoms. The van der Waals surface area contributed by atoms with Crippen LogP contribution in [0, 0.1) is 0 Å². The highest BCUT2D eigenvalue weighted by Gasteiger charge is 2.35. The van der Waals surface area contributed by atoms with E-state index in [1.807, 2.05) is 36.4 Å². The summed E-state index contributed by atoms with van der Waals surface area (Å²) in [6, 6.07) is 20.1. The van der Waals surface area contributed by atoms with E-state index < -0.39 is 24.0 Å². The van der Waals surface area contributed by atoms with Gasteiger partial charge in [-0.05, 0) is 53.3 Å². The van der Waals surface area contributed by atoms with Gasteiger partial charge in [-0.1, -0.05) is 64.5 Å². The lowest BCUT2D eigenvalue weighted by Crippen LogP contribution is -2.40. The van der Waals surface area contributed by atoms with Crippen molar-refractivity contribution in [3.8, 4) is 11.1 Å². The summed E-state index contributed by atoms with van der Waals surface area (Å²) < 4.78 is 6.28. The summed E-state index contributed by atoms with van der Waals surface area (Å²) in [6.45, 7) is 0.501. The summed E-state index contributed by atoms with van der Waals surface area (Å²) in [4.78, 5) is 38.9. The van der Waals surface area contributed by atoms with Gasteiger partial charge >= 0.3 is 12.1 Å². The Balaban J connectivity index is 1.33. The van der Waals surface area contributed by atoms with Crippen LogP contribution in [0.5, 0.6) is 0 Å². The molecule has 1 aliphatic heterocycles. The number of carbonyl (C=O) groups excluding carboxylic acids is 2. The van der Waals surface area contributed by atoms with Crippen LogP contribution in [0.15, 0.2) is 71.2 Å². The Morgan fingerprint density at radius 1 is 1.00 bits per heavy atom. The maximum atomic E-state index is 13.2. The molecule has 2 amide bonds. The second-order valence-electron chi connectivity index (χ2n) is 8.64.